The number of benzene rings is 1. The SMILES string of the molecule is CC(=O)C(Br)C(C)c1ccc(F)c(C)c1. The summed E-state index contributed by atoms with van der Waals surface area (Å²) in [4.78, 5) is 11.0. The fraction of sp³-hybridized carbons (Fsp3) is 0.417. The van der Waals surface area contributed by atoms with E-state index in [9.17, 15) is 9.18 Å². The van der Waals surface area contributed by atoms with Crippen LogP contribution in [0.3, 0.4) is 0 Å². The van der Waals surface area contributed by atoms with Crippen molar-refractivity contribution < 1.29 is 9.18 Å². The summed E-state index contributed by atoms with van der Waals surface area (Å²) in [7, 11) is 0. The number of hydrogen-bond acceptors (Lipinski definition) is 1. The van der Waals surface area contributed by atoms with Crippen LogP contribution >= 0.6 is 15.9 Å². The van der Waals surface area contributed by atoms with E-state index in [0.717, 1.165) is 5.56 Å². The molecule has 0 fully saturated rings. The van der Waals surface area contributed by atoms with Gasteiger partial charge >= 0.3 is 0 Å². The van der Waals surface area contributed by atoms with Crippen LogP contribution in [-0.2, 0) is 4.79 Å². The molecule has 15 heavy (non-hydrogen) atoms. The molecule has 0 spiro atoms. The van der Waals surface area contributed by atoms with E-state index in [0.29, 0.717) is 5.56 Å². The second-order valence-corrected chi connectivity index (χ2v) is 4.80. The van der Waals surface area contributed by atoms with Crippen molar-refractivity contribution >= 4 is 21.7 Å². The number of ketones is 1. The van der Waals surface area contributed by atoms with E-state index in [-0.39, 0.29) is 22.3 Å². The molecule has 3 heteroatoms. The van der Waals surface area contributed by atoms with Gasteiger partial charge in [0, 0.05) is 5.92 Å². The van der Waals surface area contributed by atoms with Crippen LogP contribution in [0.2, 0.25) is 0 Å². The van der Waals surface area contributed by atoms with Crippen molar-refractivity contribution in [1.29, 1.82) is 0 Å². The van der Waals surface area contributed by atoms with E-state index in [4.69, 9.17) is 0 Å². The van der Waals surface area contributed by atoms with Crippen LogP contribution in [0.1, 0.15) is 30.9 Å². The van der Waals surface area contributed by atoms with Gasteiger partial charge in [-0.05, 0) is 31.0 Å². The third kappa shape index (κ3) is 2.88. The van der Waals surface area contributed by atoms with Crippen molar-refractivity contribution in [1.82, 2.24) is 0 Å². The molecule has 0 aliphatic rings. The van der Waals surface area contributed by atoms with E-state index in [1.54, 1.807) is 26.0 Å². The number of carbonyl (C=O) groups excluding carboxylic acids is 1. The summed E-state index contributed by atoms with van der Waals surface area (Å²) < 4.78 is 13.0. The molecule has 1 aromatic carbocycles. The Morgan fingerprint density at radius 1 is 1.47 bits per heavy atom. The van der Waals surface area contributed by atoms with Crippen LogP contribution in [0.4, 0.5) is 4.39 Å². The molecule has 1 rings (SSSR count). The molecule has 2 atom stereocenters. The van der Waals surface area contributed by atoms with Crippen molar-refractivity contribution in [3.8, 4) is 0 Å². The molecule has 0 saturated heterocycles. The summed E-state index contributed by atoms with van der Waals surface area (Å²) in [6.07, 6.45) is 0. The summed E-state index contributed by atoms with van der Waals surface area (Å²) in [5.74, 6) is -0.0637. The van der Waals surface area contributed by atoms with Gasteiger partial charge < -0.3 is 0 Å². The molecule has 0 aliphatic carbocycles. The molecule has 0 heterocycles. The van der Waals surface area contributed by atoms with Crippen molar-refractivity contribution in [3.05, 3.63) is 35.1 Å². The van der Waals surface area contributed by atoms with E-state index in [2.05, 4.69) is 15.9 Å². The first-order valence-electron chi connectivity index (χ1n) is 4.84. The van der Waals surface area contributed by atoms with Crippen LogP contribution in [0.15, 0.2) is 18.2 Å². The lowest BCUT2D eigenvalue weighted by Crippen LogP contribution is -2.17. The van der Waals surface area contributed by atoms with Gasteiger partial charge in [-0.3, -0.25) is 4.79 Å². The first-order chi connectivity index (χ1) is 6.93. The zero-order chi connectivity index (χ0) is 11.6. The minimum atomic E-state index is -0.208. The van der Waals surface area contributed by atoms with Gasteiger partial charge in [-0.2, -0.15) is 0 Å². The molecule has 1 nitrogen and oxygen atoms in total. The highest BCUT2D eigenvalue weighted by molar-refractivity contribution is 9.10. The van der Waals surface area contributed by atoms with Gasteiger partial charge in [-0.1, -0.05) is 35.0 Å². The van der Waals surface area contributed by atoms with E-state index in [1.807, 2.05) is 6.92 Å². The minimum Gasteiger partial charge on any atom is -0.299 e. The zero-order valence-corrected chi connectivity index (χ0v) is 10.6. The van der Waals surface area contributed by atoms with Gasteiger partial charge in [0.1, 0.15) is 11.6 Å². The molecule has 0 bridgehead atoms. The average Bonchev–Trinajstić information content (AvgIpc) is 2.19. The van der Waals surface area contributed by atoms with Gasteiger partial charge in [0.25, 0.3) is 0 Å². The maximum atomic E-state index is 13.0. The fourth-order valence-corrected chi connectivity index (χ4v) is 1.78. The number of alkyl halides is 1. The number of Topliss-reactive ketones (excluding diaryl/α,β-unsaturated/α-hetero) is 1. The molecule has 0 aliphatic heterocycles. The predicted molar refractivity (Wildman–Crippen MR) is 62.9 cm³/mol. The summed E-state index contributed by atoms with van der Waals surface area (Å²) in [6.45, 7) is 5.22. The Labute approximate surface area is 97.8 Å². The second kappa shape index (κ2) is 4.88. The van der Waals surface area contributed by atoms with Gasteiger partial charge in [0.2, 0.25) is 0 Å². The molecule has 0 saturated carbocycles. The highest BCUT2D eigenvalue weighted by Crippen LogP contribution is 2.26. The maximum Gasteiger partial charge on any atom is 0.144 e. The summed E-state index contributed by atoms with van der Waals surface area (Å²) in [5, 5.41) is 0. The highest BCUT2D eigenvalue weighted by Gasteiger charge is 2.20. The molecule has 82 valence electrons. The first kappa shape index (κ1) is 12.4. The maximum absolute atomic E-state index is 13.0. The van der Waals surface area contributed by atoms with Crippen molar-refractivity contribution in [2.45, 2.75) is 31.5 Å². The number of aryl methyl sites for hydroxylation is 1. The molecule has 2 unspecified atom stereocenters. The quantitative estimate of drug-likeness (QED) is 0.769. The third-order valence-electron chi connectivity index (χ3n) is 2.54. The number of hydrogen-bond donors (Lipinski definition) is 0. The monoisotopic (exact) mass is 272 g/mol. The largest absolute Gasteiger partial charge is 0.299 e. The zero-order valence-electron chi connectivity index (χ0n) is 9.05. The van der Waals surface area contributed by atoms with E-state index >= 15 is 0 Å². The highest BCUT2D eigenvalue weighted by atomic mass is 79.9. The average molecular weight is 273 g/mol. The summed E-state index contributed by atoms with van der Waals surface area (Å²) in [5.41, 5.74) is 1.59. The Morgan fingerprint density at radius 2 is 2.07 bits per heavy atom. The Morgan fingerprint density at radius 3 is 2.53 bits per heavy atom. The molecular weight excluding hydrogens is 259 g/mol. The lowest BCUT2D eigenvalue weighted by atomic mass is 9.94. The Balaban J connectivity index is 2.96. The Bertz CT molecular complexity index is 376. The Hall–Kier alpha value is -0.700. The van der Waals surface area contributed by atoms with Crippen molar-refractivity contribution in [3.63, 3.8) is 0 Å². The predicted octanol–water partition coefficient (Wildman–Crippen LogP) is 3.59. The van der Waals surface area contributed by atoms with Crippen LogP contribution in [-0.4, -0.2) is 10.6 Å². The molecular formula is C12H14BrFO. The molecule has 0 aromatic heterocycles. The molecule has 0 amide bonds. The van der Waals surface area contributed by atoms with Crippen LogP contribution < -0.4 is 0 Å². The number of halogens is 2. The standard InChI is InChI=1S/C12H14BrFO/c1-7-6-10(4-5-11(7)14)8(2)12(13)9(3)15/h4-6,8,12H,1-3H3. The van der Waals surface area contributed by atoms with E-state index < -0.39 is 0 Å². The summed E-state index contributed by atoms with van der Waals surface area (Å²) >= 11 is 3.34. The topological polar surface area (TPSA) is 17.1 Å². The minimum absolute atomic E-state index is 0.0572. The lowest BCUT2D eigenvalue weighted by molar-refractivity contribution is -0.116. The van der Waals surface area contributed by atoms with Crippen molar-refractivity contribution in [2.24, 2.45) is 0 Å². The molecule has 0 radical (unpaired) electrons. The third-order valence-corrected chi connectivity index (χ3v) is 3.97. The van der Waals surface area contributed by atoms with Crippen molar-refractivity contribution in [2.75, 3.05) is 0 Å². The van der Waals surface area contributed by atoms with Gasteiger partial charge in [0.05, 0.1) is 4.83 Å². The molecule has 1 aromatic rings. The normalized spacial score (nSPS) is 14.7. The van der Waals surface area contributed by atoms with Gasteiger partial charge in [0.15, 0.2) is 0 Å². The second-order valence-electron chi connectivity index (χ2n) is 3.81. The Kier molecular flexibility index (Phi) is 4.03. The van der Waals surface area contributed by atoms with E-state index in [1.165, 1.54) is 6.07 Å². The first-order valence-corrected chi connectivity index (χ1v) is 5.75. The van der Waals surface area contributed by atoms with Crippen LogP contribution in [0.5, 0.6) is 0 Å². The van der Waals surface area contributed by atoms with Crippen LogP contribution in [0.25, 0.3) is 0 Å². The van der Waals surface area contributed by atoms with Gasteiger partial charge in [-0.15, -0.1) is 0 Å². The molecule has 0 N–H and O–H groups in total. The fourth-order valence-electron chi connectivity index (χ4n) is 1.47. The lowest BCUT2D eigenvalue weighted by Gasteiger charge is -2.16. The van der Waals surface area contributed by atoms with Crippen LogP contribution in [0, 0.1) is 12.7 Å². The summed E-state index contributed by atoms with van der Waals surface area (Å²) in [6, 6.07) is 4.96. The number of rotatable bonds is 3. The number of carbonyl (C=O) groups is 1. The van der Waals surface area contributed by atoms with Gasteiger partial charge in [-0.25, -0.2) is 4.39 Å². The smallest absolute Gasteiger partial charge is 0.144 e.